The standard InChI is InChI=1S/C54H109N2O6P/c1-6-8-10-12-13-14-15-16-17-18-19-20-21-22-23-24-25-26-27-28-29-30-31-32-33-34-35-36-37-38-39-40-41-42-43-44-46-48-54(58)55-52(53(57)47-45-11-9-7-2)51-62-63(59,60)61-50-49-56(3,4)5/h45,47,52-53,57H,6-44,46,48-51H2,1-5H3,(H-,55,58,59,60)/b47-45+. The fourth-order valence-corrected chi connectivity index (χ4v) is 9.10. The lowest BCUT2D eigenvalue weighted by molar-refractivity contribution is -0.870. The molecule has 63 heavy (non-hydrogen) atoms. The van der Waals surface area contributed by atoms with E-state index in [0.717, 1.165) is 38.5 Å². The van der Waals surface area contributed by atoms with E-state index in [-0.39, 0.29) is 19.1 Å². The fraction of sp³-hybridized carbons (Fsp3) is 0.944. The molecule has 8 nitrogen and oxygen atoms in total. The van der Waals surface area contributed by atoms with Crippen LogP contribution in [0.2, 0.25) is 0 Å². The van der Waals surface area contributed by atoms with E-state index in [1.807, 2.05) is 27.2 Å². The van der Waals surface area contributed by atoms with Crippen molar-refractivity contribution in [3.05, 3.63) is 12.2 Å². The summed E-state index contributed by atoms with van der Waals surface area (Å²) in [5.41, 5.74) is 0. The number of allylic oxidation sites excluding steroid dienone is 1. The first kappa shape index (κ1) is 62.2. The normalized spacial score (nSPS) is 14.1. The van der Waals surface area contributed by atoms with Gasteiger partial charge in [0.05, 0.1) is 39.9 Å². The first-order chi connectivity index (χ1) is 30.5. The molecule has 0 rings (SSSR count). The minimum absolute atomic E-state index is 0.000545. The minimum Gasteiger partial charge on any atom is -0.756 e. The van der Waals surface area contributed by atoms with Crippen molar-refractivity contribution >= 4 is 13.7 Å². The molecule has 0 fully saturated rings. The second-order valence-corrected chi connectivity index (χ2v) is 21.7. The summed E-state index contributed by atoms with van der Waals surface area (Å²) in [5.74, 6) is -0.201. The first-order valence-corrected chi connectivity index (χ1v) is 29.0. The Hall–Kier alpha value is -0.760. The number of aliphatic hydroxyl groups excluding tert-OH is 1. The van der Waals surface area contributed by atoms with Gasteiger partial charge in [0.25, 0.3) is 7.82 Å². The van der Waals surface area contributed by atoms with Gasteiger partial charge < -0.3 is 28.8 Å². The van der Waals surface area contributed by atoms with Crippen molar-refractivity contribution in [1.82, 2.24) is 5.32 Å². The zero-order valence-corrected chi connectivity index (χ0v) is 43.7. The van der Waals surface area contributed by atoms with Gasteiger partial charge in [-0.3, -0.25) is 9.36 Å². The van der Waals surface area contributed by atoms with Gasteiger partial charge in [-0.2, -0.15) is 0 Å². The monoisotopic (exact) mass is 913 g/mol. The zero-order valence-electron chi connectivity index (χ0n) is 42.8. The van der Waals surface area contributed by atoms with Crippen LogP contribution in [0, 0.1) is 0 Å². The Labute approximate surface area is 392 Å². The van der Waals surface area contributed by atoms with E-state index in [1.165, 1.54) is 218 Å². The molecule has 1 amide bonds. The predicted octanol–water partition coefficient (Wildman–Crippen LogP) is 15.6. The molecule has 0 aliphatic rings. The number of hydrogen-bond donors (Lipinski definition) is 2. The summed E-state index contributed by atoms with van der Waals surface area (Å²) in [5, 5.41) is 13.5. The van der Waals surface area contributed by atoms with E-state index >= 15 is 0 Å². The van der Waals surface area contributed by atoms with Gasteiger partial charge in [-0.1, -0.05) is 270 Å². The van der Waals surface area contributed by atoms with Crippen LogP contribution in [0.15, 0.2) is 12.2 Å². The molecule has 0 heterocycles. The number of aliphatic hydroxyl groups is 1. The summed E-state index contributed by atoms with van der Waals surface area (Å²) in [6, 6.07) is -0.877. The molecule has 0 saturated carbocycles. The molecule has 3 unspecified atom stereocenters. The number of rotatable bonds is 51. The van der Waals surface area contributed by atoms with E-state index in [2.05, 4.69) is 19.2 Å². The third-order valence-electron chi connectivity index (χ3n) is 12.7. The van der Waals surface area contributed by atoms with Gasteiger partial charge in [-0.15, -0.1) is 0 Å². The van der Waals surface area contributed by atoms with Gasteiger partial charge in [-0.05, 0) is 12.8 Å². The van der Waals surface area contributed by atoms with E-state index in [0.29, 0.717) is 17.4 Å². The summed E-state index contributed by atoms with van der Waals surface area (Å²) < 4.78 is 23.0. The number of unbranched alkanes of at least 4 members (excludes halogenated alkanes) is 38. The molecule has 0 aromatic rings. The van der Waals surface area contributed by atoms with Crippen molar-refractivity contribution in [3.63, 3.8) is 0 Å². The van der Waals surface area contributed by atoms with Crippen LogP contribution in [-0.4, -0.2) is 68.5 Å². The molecule has 0 aromatic heterocycles. The minimum atomic E-state index is -4.57. The van der Waals surface area contributed by atoms with Crippen LogP contribution < -0.4 is 10.2 Å². The van der Waals surface area contributed by atoms with Gasteiger partial charge in [-0.25, -0.2) is 0 Å². The van der Waals surface area contributed by atoms with Gasteiger partial charge in [0.15, 0.2) is 0 Å². The average molecular weight is 913 g/mol. The molecule has 0 aliphatic heterocycles. The highest BCUT2D eigenvalue weighted by Crippen LogP contribution is 2.38. The largest absolute Gasteiger partial charge is 0.756 e. The number of nitrogens with zero attached hydrogens (tertiary/aromatic N) is 1. The highest BCUT2D eigenvalue weighted by atomic mass is 31.2. The molecule has 0 bridgehead atoms. The van der Waals surface area contributed by atoms with Crippen molar-refractivity contribution < 1.29 is 32.9 Å². The van der Waals surface area contributed by atoms with Crippen molar-refractivity contribution in [2.75, 3.05) is 40.9 Å². The summed E-state index contributed by atoms with van der Waals surface area (Å²) >= 11 is 0. The second-order valence-electron chi connectivity index (χ2n) is 20.3. The van der Waals surface area contributed by atoms with E-state index in [1.54, 1.807) is 6.08 Å². The van der Waals surface area contributed by atoms with Crippen molar-refractivity contribution in [3.8, 4) is 0 Å². The van der Waals surface area contributed by atoms with Gasteiger partial charge in [0.2, 0.25) is 5.91 Å². The fourth-order valence-electron chi connectivity index (χ4n) is 8.38. The van der Waals surface area contributed by atoms with E-state index in [9.17, 15) is 19.4 Å². The van der Waals surface area contributed by atoms with Gasteiger partial charge >= 0.3 is 0 Å². The lowest BCUT2D eigenvalue weighted by atomic mass is 10.0. The molecule has 9 heteroatoms. The third kappa shape index (κ3) is 49.0. The van der Waals surface area contributed by atoms with Crippen molar-refractivity contribution in [2.45, 2.75) is 289 Å². The lowest BCUT2D eigenvalue weighted by Gasteiger charge is -2.29. The molecular weight excluding hydrogens is 804 g/mol. The predicted molar refractivity (Wildman–Crippen MR) is 270 cm³/mol. The van der Waals surface area contributed by atoms with Gasteiger partial charge in [0.1, 0.15) is 13.2 Å². The van der Waals surface area contributed by atoms with Crippen LogP contribution in [0.25, 0.3) is 0 Å². The lowest BCUT2D eigenvalue weighted by Crippen LogP contribution is -2.45. The SMILES string of the molecule is CCCC/C=C/C(O)C(COP(=O)([O-])OCC[N+](C)(C)C)NC(=O)CCCCCCCCCCCCCCCCCCCCCCCCCCCCCCCCCCCCCCC. The number of carbonyl (C=O) groups excluding carboxylic acids is 1. The quantitative estimate of drug-likeness (QED) is 0.0272. The highest BCUT2D eigenvalue weighted by molar-refractivity contribution is 7.45. The van der Waals surface area contributed by atoms with Crippen LogP contribution in [0.5, 0.6) is 0 Å². The Morgan fingerprint density at radius 2 is 0.857 bits per heavy atom. The molecule has 0 aromatic carbocycles. The molecule has 3 atom stereocenters. The highest BCUT2D eigenvalue weighted by Gasteiger charge is 2.23. The van der Waals surface area contributed by atoms with Crippen LogP contribution >= 0.6 is 7.82 Å². The number of quaternary nitrogens is 1. The molecule has 0 spiro atoms. The molecule has 0 radical (unpaired) electrons. The maximum absolute atomic E-state index is 12.7. The number of nitrogens with one attached hydrogen (secondary N) is 1. The number of hydrogen-bond acceptors (Lipinski definition) is 6. The summed E-state index contributed by atoms with van der Waals surface area (Å²) in [6.45, 7) is 4.52. The Morgan fingerprint density at radius 3 is 1.17 bits per heavy atom. The van der Waals surface area contributed by atoms with Crippen LogP contribution in [0.3, 0.4) is 0 Å². The summed E-state index contributed by atoms with van der Waals surface area (Å²) in [4.78, 5) is 25.1. The smallest absolute Gasteiger partial charge is 0.268 e. The Bertz CT molecular complexity index is 1040. The number of phosphoric acid groups is 1. The number of phosphoric ester groups is 1. The number of amides is 1. The molecule has 0 saturated heterocycles. The maximum atomic E-state index is 12.7. The van der Waals surface area contributed by atoms with E-state index < -0.39 is 20.0 Å². The Balaban J connectivity index is 3.62. The summed E-state index contributed by atoms with van der Waals surface area (Å²) in [7, 11) is 1.27. The molecule has 376 valence electrons. The van der Waals surface area contributed by atoms with Gasteiger partial charge in [0, 0.05) is 6.42 Å². The van der Waals surface area contributed by atoms with Crippen LogP contribution in [0.4, 0.5) is 0 Å². The Morgan fingerprint density at radius 1 is 0.540 bits per heavy atom. The molecular formula is C54H109N2O6P. The molecule has 2 N–H and O–H groups in total. The van der Waals surface area contributed by atoms with Crippen molar-refractivity contribution in [2.24, 2.45) is 0 Å². The number of carbonyl (C=O) groups is 1. The topological polar surface area (TPSA) is 108 Å². The average Bonchev–Trinajstić information content (AvgIpc) is 3.24. The maximum Gasteiger partial charge on any atom is 0.268 e. The third-order valence-corrected chi connectivity index (χ3v) is 13.7. The van der Waals surface area contributed by atoms with E-state index in [4.69, 9.17) is 9.05 Å². The Kier molecular flexibility index (Phi) is 45.8. The molecule has 0 aliphatic carbocycles. The van der Waals surface area contributed by atoms with Crippen LogP contribution in [-0.2, 0) is 18.4 Å². The second kappa shape index (κ2) is 46.4. The van der Waals surface area contributed by atoms with Crippen LogP contribution in [0.1, 0.15) is 277 Å². The van der Waals surface area contributed by atoms with Crippen molar-refractivity contribution in [1.29, 1.82) is 0 Å². The first-order valence-electron chi connectivity index (χ1n) is 27.6. The number of likely N-dealkylation sites (N-methyl/N-ethyl adjacent to an activating group) is 1. The zero-order chi connectivity index (χ0) is 46.4. The summed E-state index contributed by atoms with van der Waals surface area (Å²) in [6.07, 6.45) is 56.9.